The van der Waals surface area contributed by atoms with Gasteiger partial charge in [-0.1, -0.05) is 29.8 Å². The molecule has 1 saturated carbocycles. The summed E-state index contributed by atoms with van der Waals surface area (Å²) >= 11 is 1.32. The summed E-state index contributed by atoms with van der Waals surface area (Å²) in [6.07, 6.45) is 2.64. The number of nitrogens with one attached hydrogen (secondary N) is 4. The maximum Gasteiger partial charge on any atom is 0.230 e. The molecule has 0 radical (unpaired) electrons. The summed E-state index contributed by atoms with van der Waals surface area (Å²) in [7, 11) is 0. The predicted molar refractivity (Wildman–Crippen MR) is 105 cm³/mol. The fourth-order valence-corrected chi connectivity index (χ4v) is 3.74. The molecule has 2 fully saturated rings. The lowest BCUT2D eigenvalue weighted by Gasteiger charge is -2.30. The molecule has 7 nitrogen and oxygen atoms in total. The number of hydrogen-bond acceptors (Lipinski definition) is 5. The first-order valence-corrected chi connectivity index (χ1v) is 10.3. The molecule has 1 aliphatic carbocycles. The molecule has 8 heteroatoms. The third-order valence-corrected chi connectivity index (χ3v) is 5.49. The van der Waals surface area contributed by atoms with Crippen molar-refractivity contribution in [2.45, 2.75) is 56.7 Å². The van der Waals surface area contributed by atoms with Crippen molar-refractivity contribution in [1.29, 1.82) is 0 Å². The minimum atomic E-state index is -0.366. The molecule has 2 unspecified atom stereocenters. The highest BCUT2D eigenvalue weighted by atomic mass is 32.2. The Kier molecular flexibility index (Phi) is 6.73. The highest BCUT2D eigenvalue weighted by Gasteiger charge is 2.30. The molecular formula is C19H26N4O3S. The summed E-state index contributed by atoms with van der Waals surface area (Å²) in [6.45, 7) is 2.50. The van der Waals surface area contributed by atoms with Crippen LogP contribution in [0.25, 0.3) is 0 Å². The fraction of sp³-hybridized carbons (Fsp3) is 0.526. The molecule has 27 heavy (non-hydrogen) atoms. The van der Waals surface area contributed by atoms with Gasteiger partial charge in [-0.15, -0.1) is 11.8 Å². The van der Waals surface area contributed by atoms with Crippen LogP contribution in [0, 0.1) is 6.92 Å². The first kappa shape index (κ1) is 19.7. The van der Waals surface area contributed by atoms with Crippen molar-refractivity contribution in [1.82, 2.24) is 21.3 Å². The normalized spacial score (nSPS) is 22.0. The molecule has 3 rings (SSSR count). The average molecular weight is 391 g/mol. The Bertz CT molecular complexity index is 691. The summed E-state index contributed by atoms with van der Waals surface area (Å²) in [6, 6.07) is 8.11. The second-order valence-electron chi connectivity index (χ2n) is 7.13. The Morgan fingerprint density at radius 3 is 2.63 bits per heavy atom. The minimum Gasteiger partial charge on any atom is -0.353 e. The van der Waals surface area contributed by atoms with Crippen molar-refractivity contribution in [3.63, 3.8) is 0 Å². The molecule has 1 aromatic carbocycles. The van der Waals surface area contributed by atoms with Crippen LogP contribution in [0.3, 0.4) is 0 Å². The van der Waals surface area contributed by atoms with E-state index in [1.165, 1.54) is 17.3 Å². The van der Waals surface area contributed by atoms with Crippen LogP contribution in [0.2, 0.25) is 0 Å². The zero-order chi connectivity index (χ0) is 19.2. The van der Waals surface area contributed by atoms with E-state index in [-0.39, 0.29) is 47.9 Å². The van der Waals surface area contributed by atoms with Crippen LogP contribution in [-0.2, 0) is 20.9 Å². The number of carbonyl (C=O) groups excluding carboxylic acids is 3. The second kappa shape index (κ2) is 9.23. The predicted octanol–water partition coefficient (Wildman–Crippen LogP) is 0.775. The number of amides is 3. The molecule has 0 aromatic heterocycles. The zero-order valence-corrected chi connectivity index (χ0v) is 16.2. The molecule has 2 atom stereocenters. The molecule has 2 aliphatic rings. The topological polar surface area (TPSA) is 99.3 Å². The van der Waals surface area contributed by atoms with E-state index in [0.717, 1.165) is 18.4 Å². The van der Waals surface area contributed by atoms with Gasteiger partial charge in [-0.3, -0.25) is 19.7 Å². The maximum atomic E-state index is 12.1. The van der Waals surface area contributed by atoms with E-state index >= 15 is 0 Å². The Morgan fingerprint density at radius 1 is 1.19 bits per heavy atom. The minimum absolute atomic E-state index is 0.0238. The summed E-state index contributed by atoms with van der Waals surface area (Å²) in [5.74, 6) is 0.00944. The highest BCUT2D eigenvalue weighted by molar-refractivity contribution is 8.00. The quantitative estimate of drug-likeness (QED) is 0.526. The average Bonchev–Trinajstić information content (AvgIpc) is 3.42. The molecule has 0 spiro atoms. The number of benzene rings is 1. The largest absolute Gasteiger partial charge is 0.353 e. The summed E-state index contributed by atoms with van der Waals surface area (Å²) < 4.78 is 0. The van der Waals surface area contributed by atoms with Gasteiger partial charge < -0.3 is 16.0 Å². The fourth-order valence-electron chi connectivity index (χ4n) is 2.82. The van der Waals surface area contributed by atoms with Gasteiger partial charge in [-0.05, 0) is 25.3 Å². The number of hydrogen-bond donors (Lipinski definition) is 4. The van der Waals surface area contributed by atoms with Crippen LogP contribution in [0.15, 0.2) is 24.3 Å². The van der Waals surface area contributed by atoms with Crippen molar-refractivity contribution in [2.75, 3.05) is 5.75 Å². The number of rotatable bonds is 8. The first-order valence-electron chi connectivity index (χ1n) is 9.26. The molecule has 0 bridgehead atoms. The van der Waals surface area contributed by atoms with E-state index in [0.29, 0.717) is 12.6 Å². The molecular weight excluding hydrogens is 364 g/mol. The van der Waals surface area contributed by atoms with Crippen LogP contribution >= 0.6 is 11.8 Å². The summed E-state index contributed by atoms with van der Waals surface area (Å²) in [5, 5.41) is 11.9. The number of thioether (sulfide) groups is 1. The first-order chi connectivity index (χ1) is 13.0. The van der Waals surface area contributed by atoms with E-state index in [9.17, 15) is 14.4 Å². The van der Waals surface area contributed by atoms with E-state index in [2.05, 4.69) is 21.3 Å². The smallest absolute Gasteiger partial charge is 0.230 e. The maximum absolute atomic E-state index is 12.1. The van der Waals surface area contributed by atoms with E-state index in [1.807, 2.05) is 31.2 Å². The van der Waals surface area contributed by atoms with Gasteiger partial charge in [0, 0.05) is 31.5 Å². The lowest BCUT2D eigenvalue weighted by molar-refractivity contribution is -0.125. The molecule has 1 aliphatic heterocycles. The monoisotopic (exact) mass is 390 g/mol. The van der Waals surface area contributed by atoms with Gasteiger partial charge >= 0.3 is 0 Å². The lowest BCUT2D eigenvalue weighted by Crippen LogP contribution is -2.56. The second-order valence-corrected chi connectivity index (χ2v) is 8.23. The molecule has 3 amide bonds. The van der Waals surface area contributed by atoms with E-state index in [4.69, 9.17) is 0 Å². The highest BCUT2D eigenvalue weighted by Crippen LogP contribution is 2.19. The molecule has 4 N–H and O–H groups in total. The van der Waals surface area contributed by atoms with Crippen LogP contribution in [-0.4, -0.2) is 41.1 Å². The van der Waals surface area contributed by atoms with Crippen molar-refractivity contribution in [3.8, 4) is 0 Å². The van der Waals surface area contributed by atoms with Crippen LogP contribution in [0.4, 0.5) is 0 Å². The Labute approximate surface area is 163 Å². The van der Waals surface area contributed by atoms with Crippen molar-refractivity contribution < 1.29 is 14.4 Å². The third kappa shape index (κ3) is 6.88. The Morgan fingerprint density at radius 2 is 1.93 bits per heavy atom. The van der Waals surface area contributed by atoms with Gasteiger partial charge in [0.1, 0.15) is 5.50 Å². The van der Waals surface area contributed by atoms with Crippen LogP contribution < -0.4 is 21.3 Å². The molecule has 1 heterocycles. The van der Waals surface area contributed by atoms with Gasteiger partial charge in [-0.2, -0.15) is 0 Å². The number of aryl methyl sites for hydroxylation is 1. The summed E-state index contributed by atoms with van der Waals surface area (Å²) in [5.41, 5.74) is 1.86. The SMILES string of the molecule is Cc1ccc(CNC(=O)CSC2NC(=O)CC(CC(=O)NC3CC3)N2)cc1. The third-order valence-electron chi connectivity index (χ3n) is 4.48. The Hall–Kier alpha value is -2.06. The molecule has 146 valence electrons. The number of carbonyl (C=O) groups is 3. The lowest BCUT2D eigenvalue weighted by atomic mass is 10.1. The Balaban J connectivity index is 1.38. The summed E-state index contributed by atoms with van der Waals surface area (Å²) in [4.78, 5) is 35.9. The molecule has 1 saturated heterocycles. The van der Waals surface area contributed by atoms with E-state index in [1.54, 1.807) is 0 Å². The van der Waals surface area contributed by atoms with Crippen molar-refractivity contribution >= 4 is 29.5 Å². The van der Waals surface area contributed by atoms with Gasteiger partial charge in [0.2, 0.25) is 17.7 Å². The van der Waals surface area contributed by atoms with Gasteiger partial charge in [-0.25, -0.2) is 0 Å². The van der Waals surface area contributed by atoms with Gasteiger partial charge in [0.15, 0.2) is 0 Å². The van der Waals surface area contributed by atoms with Crippen molar-refractivity contribution in [2.24, 2.45) is 0 Å². The van der Waals surface area contributed by atoms with Crippen LogP contribution in [0.5, 0.6) is 0 Å². The zero-order valence-electron chi connectivity index (χ0n) is 15.4. The molecule has 1 aromatic rings. The van der Waals surface area contributed by atoms with Crippen molar-refractivity contribution in [3.05, 3.63) is 35.4 Å². The van der Waals surface area contributed by atoms with Gasteiger partial charge in [0.25, 0.3) is 0 Å². The standard InChI is InChI=1S/C19H26N4O3S/c1-12-2-4-13(5-3-12)10-20-18(26)11-27-19-22-15(9-17(25)23-19)8-16(24)21-14-6-7-14/h2-5,14-15,19,22H,6-11H2,1H3,(H,20,26)(H,21,24)(H,23,25). The van der Waals surface area contributed by atoms with E-state index < -0.39 is 0 Å². The van der Waals surface area contributed by atoms with Crippen LogP contribution in [0.1, 0.15) is 36.8 Å². The van der Waals surface area contributed by atoms with Gasteiger partial charge in [0.05, 0.1) is 5.75 Å².